The van der Waals surface area contributed by atoms with Crippen LogP contribution in [0.1, 0.15) is 30.9 Å². The van der Waals surface area contributed by atoms with E-state index in [0.717, 1.165) is 0 Å². The number of aliphatic hydroxyl groups is 1. The predicted molar refractivity (Wildman–Crippen MR) is 103 cm³/mol. The molecule has 1 atom stereocenters. The Morgan fingerprint density at radius 3 is 2.67 bits per heavy atom. The molecule has 1 aliphatic rings. The second kappa shape index (κ2) is 7.02. The van der Waals surface area contributed by atoms with Crippen LogP contribution in [-0.2, 0) is 28.3 Å². The Labute approximate surface area is 156 Å². The van der Waals surface area contributed by atoms with Gasteiger partial charge in [-0.3, -0.25) is 14.2 Å². The van der Waals surface area contributed by atoms with Gasteiger partial charge in [-0.05, 0) is 40.6 Å². The molecular formula is C17H22INO4Si. The van der Waals surface area contributed by atoms with Crippen molar-refractivity contribution >= 4 is 36.6 Å². The maximum Gasteiger partial charge on any atom is 0.309 e. The Balaban J connectivity index is 2.55. The second-order valence-corrected chi connectivity index (χ2v) is 12.9. The number of cyclic esters (lactones) is 1. The van der Waals surface area contributed by atoms with Crippen molar-refractivity contribution in [3.8, 4) is 11.5 Å². The summed E-state index contributed by atoms with van der Waals surface area (Å²) in [7, 11) is -1.51. The van der Waals surface area contributed by atoms with Crippen molar-refractivity contribution in [1.29, 1.82) is 0 Å². The average Bonchev–Trinajstić information content (AvgIpc) is 2.59. The van der Waals surface area contributed by atoms with Gasteiger partial charge in [-0.2, -0.15) is 0 Å². The molecule has 0 aliphatic carbocycles. The van der Waals surface area contributed by atoms with Crippen LogP contribution in [0.2, 0.25) is 19.6 Å². The first kappa shape index (κ1) is 19.2. The van der Waals surface area contributed by atoms with E-state index >= 15 is 0 Å². The molecular weight excluding hydrogens is 437 g/mol. The molecule has 0 saturated carbocycles. The van der Waals surface area contributed by atoms with Gasteiger partial charge < -0.3 is 9.84 Å². The van der Waals surface area contributed by atoms with E-state index in [1.54, 1.807) is 17.6 Å². The number of hydrogen-bond acceptors (Lipinski definition) is 4. The molecule has 24 heavy (non-hydrogen) atoms. The Bertz CT molecular complexity index is 785. The minimum absolute atomic E-state index is 0.103. The topological polar surface area (TPSA) is 68.5 Å². The van der Waals surface area contributed by atoms with Gasteiger partial charge in [0, 0.05) is 0 Å². The summed E-state index contributed by atoms with van der Waals surface area (Å²) in [5, 5.41) is 10.8. The molecule has 0 aromatic carbocycles. The number of carbonyl (C=O) groups is 1. The summed E-state index contributed by atoms with van der Waals surface area (Å²) in [6.07, 6.45) is 0.204. The fourth-order valence-electron chi connectivity index (χ4n) is 2.60. The third kappa shape index (κ3) is 4.10. The summed E-state index contributed by atoms with van der Waals surface area (Å²) in [6.45, 7) is 8.42. The number of aromatic nitrogens is 1. The van der Waals surface area contributed by atoms with Crippen LogP contribution in [-0.4, -0.2) is 23.7 Å². The molecule has 7 heteroatoms. The van der Waals surface area contributed by atoms with Crippen molar-refractivity contribution in [3.63, 3.8) is 0 Å². The molecule has 1 aliphatic heterocycles. The number of hydrogen-bond donors (Lipinski definition) is 1. The Hall–Kier alpha value is -1.11. The van der Waals surface area contributed by atoms with Crippen molar-refractivity contribution in [2.75, 3.05) is 0 Å². The van der Waals surface area contributed by atoms with E-state index in [0.29, 0.717) is 27.8 Å². The van der Waals surface area contributed by atoms with Gasteiger partial charge in [0.2, 0.25) is 0 Å². The van der Waals surface area contributed by atoms with Crippen molar-refractivity contribution in [3.05, 3.63) is 31.2 Å². The molecule has 5 nitrogen and oxygen atoms in total. The number of halogens is 1. The maximum atomic E-state index is 12.9. The highest BCUT2D eigenvalue weighted by atomic mass is 127. The van der Waals surface area contributed by atoms with Crippen LogP contribution >= 0.6 is 22.6 Å². The van der Waals surface area contributed by atoms with E-state index < -0.39 is 19.6 Å². The first-order chi connectivity index (χ1) is 11.1. The highest BCUT2D eigenvalue weighted by molar-refractivity contribution is 14.1. The normalized spacial score (nSPS) is 20.5. The van der Waals surface area contributed by atoms with Gasteiger partial charge in [-0.15, -0.1) is 5.54 Å². The van der Waals surface area contributed by atoms with Crippen LogP contribution in [0.3, 0.4) is 0 Å². The Morgan fingerprint density at radius 1 is 1.42 bits per heavy atom. The minimum Gasteiger partial charge on any atom is -0.460 e. The van der Waals surface area contributed by atoms with Crippen LogP contribution in [0.15, 0.2) is 10.9 Å². The SMILES string of the molecule is CC[C@@]1(O)CC(=O)OCc2c1cc(I)n(CC#C[Si](C)(C)C)c2=O. The van der Waals surface area contributed by atoms with Crippen LogP contribution in [0, 0.1) is 15.2 Å². The number of carbonyl (C=O) groups excluding carboxylic acids is 1. The first-order valence-electron chi connectivity index (χ1n) is 7.88. The Morgan fingerprint density at radius 2 is 2.08 bits per heavy atom. The molecule has 2 rings (SSSR count). The smallest absolute Gasteiger partial charge is 0.309 e. The van der Waals surface area contributed by atoms with Crippen LogP contribution < -0.4 is 5.56 Å². The zero-order chi connectivity index (χ0) is 18.1. The van der Waals surface area contributed by atoms with Gasteiger partial charge in [0.05, 0.1) is 22.2 Å². The quantitative estimate of drug-likeness (QED) is 0.243. The van der Waals surface area contributed by atoms with Crippen molar-refractivity contribution < 1.29 is 14.6 Å². The number of esters is 1. The summed E-state index contributed by atoms with van der Waals surface area (Å²) < 4.78 is 7.39. The molecule has 130 valence electrons. The predicted octanol–water partition coefficient (Wildman–Crippen LogP) is 2.38. The third-order valence-electron chi connectivity index (χ3n) is 3.95. The molecule has 0 spiro atoms. The van der Waals surface area contributed by atoms with Gasteiger partial charge in [-0.1, -0.05) is 32.5 Å². The van der Waals surface area contributed by atoms with E-state index in [2.05, 4.69) is 53.7 Å². The van der Waals surface area contributed by atoms with E-state index in [9.17, 15) is 14.7 Å². The fraction of sp³-hybridized carbons (Fsp3) is 0.529. The fourth-order valence-corrected chi connectivity index (χ4v) is 3.91. The highest BCUT2D eigenvalue weighted by Gasteiger charge is 2.37. The Kier molecular flexibility index (Phi) is 5.62. The van der Waals surface area contributed by atoms with E-state index in [1.165, 1.54) is 0 Å². The van der Waals surface area contributed by atoms with Crippen molar-refractivity contribution in [2.24, 2.45) is 0 Å². The number of pyridine rings is 1. The van der Waals surface area contributed by atoms with Gasteiger partial charge in [0.15, 0.2) is 0 Å². The average molecular weight is 459 g/mol. The third-order valence-corrected chi connectivity index (χ3v) is 5.77. The van der Waals surface area contributed by atoms with E-state index in [-0.39, 0.29) is 18.6 Å². The van der Waals surface area contributed by atoms with Gasteiger partial charge in [0.25, 0.3) is 5.56 Å². The van der Waals surface area contributed by atoms with Gasteiger partial charge in [-0.25, -0.2) is 0 Å². The zero-order valence-electron chi connectivity index (χ0n) is 14.4. The first-order valence-corrected chi connectivity index (χ1v) is 12.5. The number of ether oxygens (including phenoxy) is 1. The lowest BCUT2D eigenvalue weighted by Gasteiger charge is -2.26. The minimum atomic E-state index is -1.51. The van der Waals surface area contributed by atoms with Crippen molar-refractivity contribution in [2.45, 2.75) is 58.2 Å². The lowest BCUT2D eigenvalue weighted by molar-refractivity contribution is -0.149. The number of nitrogens with zero attached hydrogens (tertiary/aromatic N) is 1. The molecule has 1 aromatic heterocycles. The van der Waals surface area contributed by atoms with E-state index in [4.69, 9.17) is 4.74 Å². The molecule has 2 heterocycles. The largest absolute Gasteiger partial charge is 0.460 e. The molecule has 1 N–H and O–H groups in total. The molecule has 0 unspecified atom stereocenters. The highest BCUT2D eigenvalue weighted by Crippen LogP contribution is 2.34. The summed E-state index contributed by atoms with van der Waals surface area (Å²) in [5.41, 5.74) is 2.49. The standard InChI is InChI=1S/C17H22INO4Si/c1-5-17(22)10-15(20)23-11-12-13(17)9-14(18)19(16(12)21)7-6-8-24(2,3)4/h9,22H,5,7,10-11H2,1-4H3/t17-/m1/s1. The van der Waals surface area contributed by atoms with Gasteiger partial charge in [0.1, 0.15) is 20.3 Å². The molecule has 0 amide bonds. The molecule has 0 bridgehead atoms. The summed E-state index contributed by atoms with van der Waals surface area (Å²) in [6, 6.07) is 1.78. The lowest BCUT2D eigenvalue weighted by Crippen LogP contribution is -2.33. The molecule has 0 saturated heterocycles. The number of fused-ring (bicyclic) bond motifs is 1. The lowest BCUT2D eigenvalue weighted by atomic mass is 9.86. The molecule has 0 fully saturated rings. The number of rotatable bonds is 2. The van der Waals surface area contributed by atoms with Crippen LogP contribution in [0.5, 0.6) is 0 Å². The van der Waals surface area contributed by atoms with Crippen molar-refractivity contribution in [1.82, 2.24) is 4.57 Å². The van der Waals surface area contributed by atoms with E-state index in [1.807, 2.05) is 0 Å². The van der Waals surface area contributed by atoms with Crippen LogP contribution in [0.25, 0.3) is 0 Å². The molecule has 1 aromatic rings. The molecule has 0 radical (unpaired) electrons. The summed E-state index contributed by atoms with van der Waals surface area (Å²) in [4.78, 5) is 24.6. The second-order valence-electron chi connectivity index (χ2n) is 7.02. The summed E-state index contributed by atoms with van der Waals surface area (Å²) in [5.74, 6) is 2.60. The summed E-state index contributed by atoms with van der Waals surface area (Å²) >= 11 is 2.07. The monoisotopic (exact) mass is 459 g/mol. The van der Waals surface area contributed by atoms with Gasteiger partial charge >= 0.3 is 5.97 Å². The zero-order valence-corrected chi connectivity index (χ0v) is 17.6. The van der Waals surface area contributed by atoms with Crippen LogP contribution in [0.4, 0.5) is 0 Å². The maximum absolute atomic E-state index is 12.9.